The summed E-state index contributed by atoms with van der Waals surface area (Å²) < 4.78 is 10.4. The number of aliphatic imine (C=N–C) groups is 1. The minimum Gasteiger partial charge on any atom is -0.382 e. The number of methoxy groups -OCH3 is 1. The molecule has 1 aliphatic carbocycles. The molecule has 23 heavy (non-hydrogen) atoms. The van der Waals surface area contributed by atoms with Crippen LogP contribution in [0.25, 0.3) is 0 Å². The summed E-state index contributed by atoms with van der Waals surface area (Å²) in [5, 5.41) is 6.99. The summed E-state index contributed by atoms with van der Waals surface area (Å²) in [7, 11) is 3.55. The maximum atomic E-state index is 5.46. The zero-order valence-electron chi connectivity index (χ0n) is 15.6. The fraction of sp³-hybridized carbons (Fsp3) is 0.944. The van der Waals surface area contributed by atoms with Gasteiger partial charge >= 0.3 is 0 Å². The monoisotopic (exact) mass is 327 g/mol. The first kappa shape index (κ1) is 20.2. The largest absolute Gasteiger partial charge is 0.382 e. The minimum atomic E-state index is 0.577. The predicted octanol–water partition coefficient (Wildman–Crippen LogP) is 2.81. The number of guanidine groups is 1. The number of hydrogen-bond acceptors (Lipinski definition) is 3. The molecule has 0 unspecified atom stereocenters. The van der Waals surface area contributed by atoms with E-state index in [2.05, 4.69) is 29.5 Å². The highest BCUT2D eigenvalue weighted by atomic mass is 16.5. The van der Waals surface area contributed by atoms with Gasteiger partial charge in [-0.3, -0.25) is 4.99 Å². The average molecular weight is 328 g/mol. The molecule has 1 fully saturated rings. The molecule has 0 atom stereocenters. The van der Waals surface area contributed by atoms with Gasteiger partial charge in [-0.2, -0.15) is 0 Å². The minimum absolute atomic E-state index is 0.577. The Hall–Kier alpha value is -0.810. The lowest BCUT2D eigenvalue weighted by Crippen LogP contribution is -2.45. The fourth-order valence-corrected chi connectivity index (χ4v) is 3.10. The molecule has 0 aliphatic heterocycles. The summed E-state index contributed by atoms with van der Waals surface area (Å²) in [5.74, 6) is 2.67. The van der Waals surface area contributed by atoms with E-state index in [1.807, 2.05) is 7.05 Å². The Morgan fingerprint density at radius 1 is 1.09 bits per heavy atom. The molecule has 0 bridgehead atoms. The van der Waals surface area contributed by atoms with Gasteiger partial charge in [0.1, 0.15) is 0 Å². The molecule has 0 aromatic carbocycles. The second-order valence-corrected chi connectivity index (χ2v) is 6.81. The zero-order chi connectivity index (χ0) is 16.9. The van der Waals surface area contributed by atoms with E-state index < -0.39 is 0 Å². The van der Waals surface area contributed by atoms with Crippen LogP contribution in [0.1, 0.15) is 52.4 Å². The Labute approximate surface area is 142 Å². The van der Waals surface area contributed by atoms with E-state index in [1.54, 1.807) is 7.11 Å². The molecular weight excluding hydrogens is 290 g/mol. The van der Waals surface area contributed by atoms with Gasteiger partial charge in [-0.05, 0) is 50.4 Å². The van der Waals surface area contributed by atoms with Crippen molar-refractivity contribution in [3.63, 3.8) is 0 Å². The van der Waals surface area contributed by atoms with E-state index >= 15 is 0 Å². The molecular formula is C18H37N3O2. The number of nitrogens with one attached hydrogen (secondary N) is 2. The van der Waals surface area contributed by atoms with Crippen molar-refractivity contribution >= 4 is 5.96 Å². The lowest BCUT2D eigenvalue weighted by Gasteiger charge is -2.32. The van der Waals surface area contributed by atoms with E-state index in [0.29, 0.717) is 19.3 Å². The van der Waals surface area contributed by atoms with Gasteiger partial charge in [-0.25, -0.2) is 0 Å². The summed E-state index contributed by atoms with van der Waals surface area (Å²) in [4.78, 5) is 4.34. The average Bonchev–Trinajstić information content (AvgIpc) is 2.56. The summed E-state index contributed by atoms with van der Waals surface area (Å²) >= 11 is 0. The lowest BCUT2D eigenvalue weighted by molar-refractivity contribution is 0.0689. The summed E-state index contributed by atoms with van der Waals surface area (Å²) in [6.07, 6.45) is 7.35. The van der Waals surface area contributed by atoms with Crippen molar-refractivity contribution in [2.45, 2.75) is 58.4 Å². The first-order valence-electron chi connectivity index (χ1n) is 9.21. The van der Waals surface area contributed by atoms with Gasteiger partial charge in [0, 0.05) is 33.4 Å². The van der Waals surface area contributed by atoms with Crippen molar-refractivity contribution in [1.82, 2.24) is 10.6 Å². The van der Waals surface area contributed by atoms with Gasteiger partial charge in [0.05, 0.1) is 13.2 Å². The normalized spacial score (nSPS) is 22.4. The molecule has 1 saturated carbocycles. The molecule has 2 N–H and O–H groups in total. The molecule has 0 aromatic heterocycles. The standard InChI is InChI=1S/C18H37N3O2/c1-15(2)16-7-9-17(10-8-16)21-18(19-3)20-11-5-6-12-23-14-13-22-4/h15-17H,5-14H2,1-4H3,(H2,19,20,21). The van der Waals surface area contributed by atoms with Gasteiger partial charge in [-0.1, -0.05) is 13.8 Å². The second kappa shape index (κ2) is 12.6. The Morgan fingerprint density at radius 3 is 2.43 bits per heavy atom. The highest BCUT2D eigenvalue weighted by molar-refractivity contribution is 5.79. The lowest BCUT2D eigenvalue weighted by atomic mass is 9.80. The van der Waals surface area contributed by atoms with Crippen LogP contribution in [-0.4, -0.2) is 52.5 Å². The van der Waals surface area contributed by atoms with Crippen LogP contribution < -0.4 is 10.6 Å². The van der Waals surface area contributed by atoms with Crippen molar-refractivity contribution < 1.29 is 9.47 Å². The van der Waals surface area contributed by atoms with Gasteiger partial charge in [-0.15, -0.1) is 0 Å². The molecule has 1 rings (SSSR count). The first-order valence-corrected chi connectivity index (χ1v) is 9.21. The second-order valence-electron chi connectivity index (χ2n) is 6.81. The molecule has 136 valence electrons. The SMILES string of the molecule is CN=C(NCCCCOCCOC)NC1CCC(C(C)C)CC1. The van der Waals surface area contributed by atoms with Crippen molar-refractivity contribution in [2.24, 2.45) is 16.8 Å². The Balaban J connectivity index is 2.07. The summed E-state index contributed by atoms with van der Waals surface area (Å²) in [6, 6.07) is 0.577. The maximum Gasteiger partial charge on any atom is 0.191 e. The molecule has 0 aromatic rings. The van der Waals surface area contributed by atoms with Gasteiger partial charge < -0.3 is 20.1 Å². The first-order chi connectivity index (χ1) is 11.2. The third kappa shape index (κ3) is 9.16. The molecule has 0 saturated heterocycles. The molecule has 0 radical (unpaired) electrons. The number of nitrogens with zero attached hydrogens (tertiary/aromatic N) is 1. The molecule has 5 nitrogen and oxygen atoms in total. The highest BCUT2D eigenvalue weighted by Gasteiger charge is 2.23. The topological polar surface area (TPSA) is 54.9 Å². The maximum absolute atomic E-state index is 5.46. The Morgan fingerprint density at radius 2 is 1.83 bits per heavy atom. The number of unbranched alkanes of at least 4 members (excludes halogenated alkanes) is 1. The summed E-state index contributed by atoms with van der Waals surface area (Å²) in [5.41, 5.74) is 0. The summed E-state index contributed by atoms with van der Waals surface area (Å²) in [6.45, 7) is 7.79. The zero-order valence-corrected chi connectivity index (χ0v) is 15.6. The Bertz CT molecular complexity index is 313. The Kier molecular flexibility index (Phi) is 11.1. The van der Waals surface area contributed by atoms with E-state index in [-0.39, 0.29) is 0 Å². The van der Waals surface area contributed by atoms with Crippen LogP contribution in [0.3, 0.4) is 0 Å². The van der Waals surface area contributed by atoms with E-state index in [9.17, 15) is 0 Å². The van der Waals surface area contributed by atoms with Crippen LogP contribution in [0.15, 0.2) is 4.99 Å². The van der Waals surface area contributed by atoms with E-state index in [4.69, 9.17) is 9.47 Å². The predicted molar refractivity (Wildman–Crippen MR) is 97.0 cm³/mol. The fourth-order valence-electron chi connectivity index (χ4n) is 3.10. The smallest absolute Gasteiger partial charge is 0.191 e. The van der Waals surface area contributed by atoms with E-state index in [1.165, 1.54) is 25.7 Å². The van der Waals surface area contributed by atoms with Crippen LogP contribution in [0.5, 0.6) is 0 Å². The van der Waals surface area contributed by atoms with E-state index in [0.717, 1.165) is 43.8 Å². The number of hydrogen-bond donors (Lipinski definition) is 2. The number of rotatable bonds is 10. The van der Waals surface area contributed by atoms with Crippen molar-refractivity contribution in [1.29, 1.82) is 0 Å². The van der Waals surface area contributed by atoms with Crippen molar-refractivity contribution in [2.75, 3.05) is 40.5 Å². The van der Waals surface area contributed by atoms with Gasteiger partial charge in [0.15, 0.2) is 5.96 Å². The third-order valence-corrected chi connectivity index (χ3v) is 4.72. The molecule has 1 aliphatic rings. The van der Waals surface area contributed by atoms with Crippen LogP contribution in [0, 0.1) is 11.8 Å². The highest BCUT2D eigenvalue weighted by Crippen LogP contribution is 2.29. The quantitative estimate of drug-likeness (QED) is 0.368. The van der Waals surface area contributed by atoms with Crippen molar-refractivity contribution in [3.8, 4) is 0 Å². The third-order valence-electron chi connectivity index (χ3n) is 4.72. The molecule has 0 spiro atoms. The number of ether oxygens (including phenoxy) is 2. The van der Waals surface area contributed by atoms with Gasteiger partial charge in [0.25, 0.3) is 0 Å². The van der Waals surface area contributed by atoms with Crippen LogP contribution >= 0.6 is 0 Å². The molecule has 0 amide bonds. The molecule has 0 heterocycles. The molecule has 5 heteroatoms. The van der Waals surface area contributed by atoms with Crippen LogP contribution in [0.4, 0.5) is 0 Å². The van der Waals surface area contributed by atoms with Crippen molar-refractivity contribution in [3.05, 3.63) is 0 Å². The van der Waals surface area contributed by atoms with Gasteiger partial charge in [0.2, 0.25) is 0 Å². The van der Waals surface area contributed by atoms with Crippen LogP contribution in [0.2, 0.25) is 0 Å². The van der Waals surface area contributed by atoms with Crippen LogP contribution in [-0.2, 0) is 9.47 Å².